The molecule has 1 aromatic rings. The van der Waals surface area contributed by atoms with Crippen molar-refractivity contribution >= 4 is 40.0 Å². The number of thiophene rings is 1. The van der Waals surface area contributed by atoms with Crippen molar-refractivity contribution in [2.75, 3.05) is 31.1 Å². The Morgan fingerprint density at radius 2 is 1.89 bits per heavy atom. The van der Waals surface area contributed by atoms with Crippen molar-refractivity contribution < 1.29 is 19.1 Å². The second-order valence-corrected chi connectivity index (χ2v) is 11.2. The van der Waals surface area contributed by atoms with Gasteiger partial charge in [0.15, 0.2) is 0 Å². The minimum Gasteiger partial charge on any atom is -0.444 e. The molecule has 1 fully saturated rings. The van der Waals surface area contributed by atoms with E-state index < -0.39 is 11.5 Å². The SMILES string of the molecule is CCN(c1scc(C(=O)NCC2C(=O)N=C(C)C=C2C)c1C)C1CCN(C(=O)OC(C)(C)C)CC1. The van der Waals surface area contributed by atoms with Crippen LogP contribution < -0.4 is 10.2 Å². The van der Waals surface area contributed by atoms with Crippen LogP contribution >= 0.6 is 11.3 Å². The highest BCUT2D eigenvalue weighted by molar-refractivity contribution is 7.14. The molecule has 1 atom stereocenters. The van der Waals surface area contributed by atoms with Gasteiger partial charge in [0.1, 0.15) is 5.60 Å². The summed E-state index contributed by atoms with van der Waals surface area (Å²) >= 11 is 1.57. The van der Waals surface area contributed by atoms with Crippen molar-refractivity contribution in [3.63, 3.8) is 0 Å². The van der Waals surface area contributed by atoms with Crippen LogP contribution in [-0.2, 0) is 9.53 Å². The van der Waals surface area contributed by atoms with Crippen LogP contribution in [0, 0.1) is 12.8 Å². The number of dihydropyridines is 1. The van der Waals surface area contributed by atoms with E-state index in [4.69, 9.17) is 4.74 Å². The Labute approximate surface area is 212 Å². The summed E-state index contributed by atoms with van der Waals surface area (Å²) in [5.41, 5.74) is 2.70. The van der Waals surface area contributed by atoms with Gasteiger partial charge in [0.05, 0.1) is 16.5 Å². The van der Waals surface area contributed by atoms with Gasteiger partial charge in [0, 0.05) is 43.3 Å². The molecule has 0 aromatic carbocycles. The van der Waals surface area contributed by atoms with Gasteiger partial charge in [-0.05, 0) is 72.9 Å². The van der Waals surface area contributed by atoms with Gasteiger partial charge < -0.3 is 19.9 Å². The maximum atomic E-state index is 13.0. The van der Waals surface area contributed by atoms with E-state index in [2.05, 4.69) is 22.1 Å². The van der Waals surface area contributed by atoms with E-state index in [9.17, 15) is 14.4 Å². The maximum absolute atomic E-state index is 13.0. The van der Waals surface area contributed by atoms with Crippen LogP contribution in [0.5, 0.6) is 0 Å². The summed E-state index contributed by atoms with van der Waals surface area (Å²) in [5, 5.41) is 5.91. The Morgan fingerprint density at radius 1 is 1.23 bits per heavy atom. The predicted molar refractivity (Wildman–Crippen MR) is 141 cm³/mol. The molecule has 1 N–H and O–H groups in total. The summed E-state index contributed by atoms with van der Waals surface area (Å²) in [6.07, 6.45) is 3.33. The number of nitrogens with zero attached hydrogens (tertiary/aromatic N) is 3. The average molecular weight is 503 g/mol. The molecule has 192 valence electrons. The summed E-state index contributed by atoms with van der Waals surface area (Å²) in [4.78, 5) is 45.8. The van der Waals surface area contributed by atoms with Gasteiger partial charge in [0.2, 0.25) is 0 Å². The smallest absolute Gasteiger partial charge is 0.410 e. The Hall–Kier alpha value is -2.68. The van der Waals surface area contributed by atoms with Crippen LogP contribution in [0.1, 0.15) is 70.3 Å². The van der Waals surface area contributed by atoms with Crippen molar-refractivity contribution in [1.29, 1.82) is 0 Å². The number of nitrogens with one attached hydrogen (secondary N) is 1. The monoisotopic (exact) mass is 502 g/mol. The quantitative estimate of drug-likeness (QED) is 0.615. The molecule has 0 radical (unpaired) electrons. The first-order valence-corrected chi connectivity index (χ1v) is 13.2. The minimum atomic E-state index is -0.500. The topological polar surface area (TPSA) is 91.3 Å². The summed E-state index contributed by atoms with van der Waals surface area (Å²) in [5.74, 6) is -0.795. The lowest BCUT2D eigenvalue weighted by Gasteiger charge is -2.39. The van der Waals surface area contributed by atoms with E-state index in [0.717, 1.165) is 35.5 Å². The van der Waals surface area contributed by atoms with Crippen LogP contribution in [0.15, 0.2) is 22.0 Å². The van der Waals surface area contributed by atoms with Gasteiger partial charge in [-0.3, -0.25) is 9.59 Å². The van der Waals surface area contributed by atoms with E-state index in [0.29, 0.717) is 30.4 Å². The molecule has 3 rings (SSSR count). The van der Waals surface area contributed by atoms with Crippen molar-refractivity contribution in [3.05, 3.63) is 28.2 Å². The minimum absolute atomic E-state index is 0.173. The Bertz CT molecular complexity index is 1030. The van der Waals surface area contributed by atoms with E-state index >= 15 is 0 Å². The highest BCUT2D eigenvalue weighted by Gasteiger charge is 2.31. The molecule has 0 aliphatic carbocycles. The van der Waals surface area contributed by atoms with Crippen LogP contribution in [0.4, 0.5) is 9.80 Å². The molecule has 3 heterocycles. The van der Waals surface area contributed by atoms with Gasteiger partial charge in [-0.2, -0.15) is 0 Å². The van der Waals surface area contributed by atoms with Crippen LogP contribution in [-0.4, -0.2) is 66.3 Å². The lowest BCUT2D eigenvalue weighted by Crippen LogP contribution is -2.48. The molecule has 1 saturated heterocycles. The first-order valence-electron chi connectivity index (χ1n) is 12.3. The molecule has 2 aliphatic rings. The number of amides is 3. The third kappa shape index (κ3) is 6.51. The number of aliphatic imine (C=N–C) groups is 1. The van der Waals surface area contributed by atoms with Gasteiger partial charge >= 0.3 is 6.09 Å². The summed E-state index contributed by atoms with van der Waals surface area (Å²) in [6.45, 7) is 15.8. The molecular formula is C26H38N4O4S. The lowest BCUT2D eigenvalue weighted by atomic mass is 9.95. The average Bonchev–Trinajstić information content (AvgIpc) is 3.14. The van der Waals surface area contributed by atoms with Crippen LogP contribution in [0.3, 0.4) is 0 Å². The summed E-state index contributed by atoms with van der Waals surface area (Å²) < 4.78 is 5.52. The standard InChI is InChI=1S/C26H38N4O4S/c1-8-30(19-9-11-29(12-10-19)25(33)34-26(5,6)7)24-18(4)21(15-35-24)22(31)27-14-20-16(2)13-17(3)28-23(20)32/h13,15,19-20H,8-12,14H2,1-7H3,(H,27,31). The lowest BCUT2D eigenvalue weighted by molar-refractivity contribution is -0.120. The van der Waals surface area contributed by atoms with Crippen molar-refractivity contribution in [3.8, 4) is 0 Å². The molecule has 0 saturated carbocycles. The zero-order chi connectivity index (χ0) is 25.9. The Morgan fingerprint density at radius 3 is 2.46 bits per heavy atom. The molecule has 3 amide bonds. The number of piperidine rings is 1. The van der Waals surface area contributed by atoms with Gasteiger partial charge in [0.25, 0.3) is 11.8 Å². The molecular weight excluding hydrogens is 464 g/mol. The number of rotatable bonds is 6. The molecule has 0 spiro atoms. The second-order valence-electron chi connectivity index (χ2n) is 10.3. The van der Waals surface area contributed by atoms with E-state index in [1.54, 1.807) is 23.2 Å². The van der Waals surface area contributed by atoms with Gasteiger partial charge in [-0.1, -0.05) is 5.57 Å². The molecule has 0 bridgehead atoms. The Kier molecular flexibility index (Phi) is 8.41. The summed E-state index contributed by atoms with van der Waals surface area (Å²) in [7, 11) is 0. The fourth-order valence-corrected chi connectivity index (χ4v) is 5.83. The second kappa shape index (κ2) is 10.9. The van der Waals surface area contributed by atoms with Crippen LogP contribution in [0.2, 0.25) is 0 Å². The van der Waals surface area contributed by atoms with E-state index in [1.165, 1.54) is 0 Å². The molecule has 8 nitrogen and oxygen atoms in total. The number of anilines is 1. The molecule has 35 heavy (non-hydrogen) atoms. The molecule has 1 aromatic heterocycles. The van der Waals surface area contributed by atoms with Crippen molar-refractivity contribution in [1.82, 2.24) is 10.2 Å². The molecule has 1 unspecified atom stereocenters. The fourth-order valence-electron chi connectivity index (χ4n) is 4.61. The Balaban J connectivity index is 1.62. The first-order chi connectivity index (χ1) is 16.4. The number of hydrogen-bond acceptors (Lipinski definition) is 6. The van der Waals surface area contributed by atoms with Crippen molar-refractivity contribution in [2.24, 2.45) is 10.9 Å². The number of hydrogen-bond donors (Lipinski definition) is 1. The number of ether oxygens (including phenoxy) is 1. The van der Waals surface area contributed by atoms with E-state index in [-0.39, 0.29) is 24.5 Å². The largest absolute Gasteiger partial charge is 0.444 e. The number of likely N-dealkylation sites (tertiary alicyclic amines) is 1. The highest BCUT2D eigenvalue weighted by Crippen LogP contribution is 2.34. The van der Waals surface area contributed by atoms with Gasteiger partial charge in [-0.15, -0.1) is 11.3 Å². The third-order valence-electron chi connectivity index (χ3n) is 6.45. The number of carbonyl (C=O) groups is 3. The maximum Gasteiger partial charge on any atom is 0.410 e. The van der Waals surface area contributed by atoms with Gasteiger partial charge in [-0.25, -0.2) is 9.79 Å². The zero-order valence-corrected chi connectivity index (χ0v) is 22.8. The number of allylic oxidation sites excluding steroid dienone is 1. The van der Waals surface area contributed by atoms with Crippen molar-refractivity contribution in [2.45, 2.75) is 73.0 Å². The molecule has 2 aliphatic heterocycles. The fraction of sp³-hybridized carbons (Fsp3) is 0.615. The first kappa shape index (κ1) is 26.9. The third-order valence-corrected chi connectivity index (χ3v) is 7.57. The highest BCUT2D eigenvalue weighted by atomic mass is 32.1. The van der Waals surface area contributed by atoms with E-state index in [1.807, 2.05) is 46.1 Å². The zero-order valence-electron chi connectivity index (χ0n) is 21.9. The number of carbonyl (C=O) groups excluding carboxylic acids is 3. The summed E-state index contributed by atoms with van der Waals surface area (Å²) in [6, 6.07) is 0.292. The van der Waals surface area contributed by atoms with Crippen LogP contribution in [0.25, 0.3) is 0 Å². The predicted octanol–water partition coefficient (Wildman–Crippen LogP) is 4.58. The normalized spacial score (nSPS) is 19.2. The molecule has 9 heteroatoms.